The van der Waals surface area contributed by atoms with Crippen molar-refractivity contribution in [2.24, 2.45) is 11.8 Å². The van der Waals surface area contributed by atoms with Crippen LogP contribution in [0.3, 0.4) is 0 Å². The van der Waals surface area contributed by atoms with Gasteiger partial charge in [0.25, 0.3) is 11.8 Å². The van der Waals surface area contributed by atoms with E-state index in [1.165, 1.54) is 0 Å². The number of imide groups is 1. The maximum Gasteiger partial charge on any atom is 0.254 e. The molecule has 0 saturated carbocycles. The average Bonchev–Trinajstić information content (AvgIpc) is 3.19. The van der Waals surface area contributed by atoms with Gasteiger partial charge in [-0.2, -0.15) is 5.01 Å². The second-order valence-corrected chi connectivity index (χ2v) is 6.63. The van der Waals surface area contributed by atoms with Crippen molar-refractivity contribution in [1.82, 2.24) is 10.4 Å². The summed E-state index contributed by atoms with van der Waals surface area (Å²) in [4.78, 5) is 36.9. The Morgan fingerprint density at radius 3 is 2.26 bits per heavy atom. The van der Waals surface area contributed by atoms with Crippen molar-refractivity contribution < 1.29 is 19.1 Å². The number of amides is 3. The van der Waals surface area contributed by atoms with Gasteiger partial charge in [-0.05, 0) is 30.5 Å². The Morgan fingerprint density at radius 2 is 1.70 bits per heavy atom. The summed E-state index contributed by atoms with van der Waals surface area (Å²) in [6.07, 6.45) is 1.32. The second-order valence-electron chi connectivity index (χ2n) is 6.19. The number of carbonyl (C=O) groups is 3. The van der Waals surface area contributed by atoms with Gasteiger partial charge < -0.3 is 4.74 Å². The maximum atomic E-state index is 12.4. The first-order valence-electron chi connectivity index (χ1n) is 7.62. The third-order valence-corrected chi connectivity index (χ3v) is 5.05. The molecule has 1 aromatic carbocycles. The van der Waals surface area contributed by atoms with Crippen molar-refractivity contribution >= 4 is 29.3 Å². The minimum atomic E-state index is -0.433. The lowest BCUT2D eigenvalue weighted by Crippen LogP contribution is -2.48. The van der Waals surface area contributed by atoms with E-state index < -0.39 is 17.7 Å². The Bertz CT molecular complexity index is 662. The molecule has 3 fully saturated rings. The zero-order valence-corrected chi connectivity index (χ0v) is 13.0. The van der Waals surface area contributed by atoms with Crippen molar-refractivity contribution in [3.63, 3.8) is 0 Å². The molecule has 3 aliphatic heterocycles. The minimum absolute atomic E-state index is 0.0763. The molecule has 4 rings (SSSR count). The first-order valence-corrected chi connectivity index (χ1v) is 7.99. The number of nitrogens with zero attached hydrogens (tertiary/aromatic N) is 1. The van der Waals surface area contributed by atoms with E-state index in [0.717, 1.165) is 23.4 Å². The van der Waals surface area contributed by atoms with Gasteiger partial charge in [-0.15, -0.1) is 0 Å². The lowest BCUT2D eigenvalue weighted by atomic mass is 9.81. The molecular formula is C16H15ClN2O4. The molecule has 1 aromatic rings. The van der Waals surface area contributed by atoms with Gasteiger partial charge in [0, 0.05) is 5.02 Å². The highest BCUT2D eigenvalue weighted by molar-refractivity contribution is 6.30. The van der Waals surface area contributed by atoms with Crippen molar-refractivity contribution in [2.45, 2.75) is 31.5 Å². The van der Waals surface area contributed by atoms with E-state index in [4.69, 9.17) is 16.3 Å². The molecule has 23 heavy (non-hydrogen) atoms. The van der Waals surface area contributed by atoms with Crippen LogP contribution in [0.4, 0.5) is 0 Å². The number of nitrogens with one attached hydrogen (secondary N) is 1. The van der Waals surface area contributed by atoms with Gasteiger partial charge in [0.15, 0.2) is 0 Å². The van der Waals surface area contributed by atoms with Crippen LogP contribution in [0.2, 0.25) is 5.02 Å². The number of halogens is 1. The first kappa shape index (κ1) is 14.7. The molecule has 0 aromatic heterocycles. The van der Waals surface area contributed by atoms with E-state index in [1.807, 2.05) is 0 Å². The Kier molecular flexibility index (Phi) is 3.39. The van der Waals surface area contributed by atoms with Crippen molar-refractivity contribution in [2.75, 3.05) is 0 Å². The zero-order chi connectivity index (χ0) is 16.1. The van der Waals surface area contributed by atoms with Crippen LogP contribution in [0.25, 0.3) is 0 Å². The quantitative estimate of drug-likeness (QED) is 0.839. The smallest absolute Gasteiger partial charge is 0.254 e. The number of carbonyl (C=O) groups excluding carboxylic acids is 3. The molecule has 3 heterocycles. The van der Waals surface area contributed by atoms with Gasteiger partial charge >= 0.3 is 0 Å². The largest absolute Gasteiger partial charge is 0.373 e. The number of fused-ring (bicyclic) bond motifs is 5. The fourth-order valence-corrected chi connectivity index (χ4v) is 3.90. The lowest BCUT2D eigenvalue weighted by Gasteiger charge is -2.18. The van der Waals surface area contributed by atoms with E-state index >= 15 is 0 Å². The minimum Gasteiger partial charge on any atom is -0.373 e. The molecule has 0 radical (unpaired) electrons. The van der Waals surface area contributed by atoms with Gasteiger partial charge in [-0.1, -0.05) is 23.7 Å². The normalized spacial score (nSPS) is 31.6. The number of hydrogen-bond acceptors (Lipinski definition) is 4. The van der Waals surface area contributed by atoms with Crippen LogP contribution >= 0.6 is 11.6 Å². The van der Waals surface area contributed by atoms with Crippen LogP contribution in [0.1, 0.15) is 18.4 Å². The van der Waals surface area contributed by atoms with Gasteiger partial charge in [0.05, 0.1) is 30.5 Å². The van der Waals surface area contributed by atoms with Crippen LogP contribution < -0.4 is 5.43 Å². The predicted molar refractivity (Wildman–Crippen MR) is 80.0 cm³/mol. The molecule has 1 N–H and O–H groups in total. The molecule has 2 bridgehead atoms. The van der Waals surface area contributed by atoms with Crippen molar-refractivity contribution in [1.29, 1.82) is 0 Å². The summed E-state index contributed by atoms with van der Waals surface area (Å²) in [7, 11) is 0. The zero-order valence-electron chi connectivity index (χ0n) is 12.2. The van der Waals surface area contributed by atoms with Gasteiger partial charge in [0.1, 0.15) is 0 Å². The van der Waals surface area contributed by atoms with Gasteiger partial charge in [0.2, 0.25) is 5.91 Å². The molecule has 120 valence electrons. The number of hydrazine groups is 1. The standard InChI is InChI=1S/C16H15ClN2O4/c17-9-3-1-8(2-4-9)7-12(20)18-19-15(21)13-10-5-6-11(23-10)14(13)16(19)22/h1-4,10-11,13-14H,5-7H2,(H,18,20). The van der Waals surface area contributed by atoms with E-state index in [-0.39, 0.29) is 30.4 Å². The van der Waals surface area contributed by atoms with Gasteiger partial charge in [-0.25, -0.2) is 0 Å². The lowest BCUT2D eigenvalue weighted by molar-refractivity contribution is -0.151. The first-order chi connectivity index (χ1) is 11.0. The Balaban J connectivity index is 1.44. The number of hydrogen-bond donors (Lipinski definition) is 1. The summed E-state index contributed by atoms with van der Waals surface area (Å²) in [6, 6.07) is 6.85. The topological polar surface area (TPSA) is 75.7 Å². The van der Waals surface area contributed by atoms with Gasteiger partial charge in [-0.3, -0.25) is 19.8 Å². The third-order valence-electron chi connectivity index (χ3n) is 4.80. The number of benzene rings is 1. The predicted octanol–water partition coefficient (Wildman–Crippen LogP) is 1.08. The summed E-state index contributed by atoms with van der Waals surface area (Å²) in [5, 5.41) is 1.48. The number of rotatable bonds is 3. The third kappa shape index (κ3) is 2.33. The van der Waals surface area contributed by atoms with Crippen molar-refractivity contribution in [3.8, 4) is 0 Å². The summed E-state index contributed by atoms with van der Waals surface area (Å²) in [5.41, 5.74) is 3.20. The van der Waals surface area contributed by atoms with E-state index in [0.29, 0.717) is 5.02 Å². The van der Waals surface area contributed by atoms with Crippen molar-refractivity contribution in [3.05, 3.63) is 34.9 Å². The Labute approximate surface area is 137 Å². The van der Waals surface area contributed by atoms with Crippen LogP contribution in [0, 0.1) is 11.8 Å². The fourth-order valence-electron chi connectivity index (χ4n) is 3.77. The van der Waals surface area contributed by atoms with E-state index in [2.05, 4.69) is 5.43 Å². The summed E-state index contributed by atoms with van der Waals surface area (Å²) >= 11 is 5.80. The molecule has 6 nitrogen and oxygen atoms in total. The van der Waals surface area contributed by atoms with E-state index in [1.54, 1.807) is 24.3 Å². The van der Waals surface area contributed by atoms with Crippen LogP contribution in [-0.2, 0) is 25.5 Å². The highest BCUT2D eigenvalue weighted by atomic mass is 35.5. The molecule has 0 aliphatic carbocycles. The molecule has 3 amide bonds. The fraction of sp³-hybridized carbons (Fsp3) is 0.438. The highest BCUT2D eigenvalue weighted by Gasteiger charge is 2.62. The average molecular weight is 335 g/mol. The summed E-state index contributed by atoms with van der Waals surface area (Å²) < 4.78 is 5.65. The molecule has 4 unspecified atom stereocenters. The molecule has 0 spiro atoms. The SMILES string of the molecule is O=C(Cc1ccc(Cl)cc1)NN1C(=O)C2C3CCC(O3)C2C1=O. The van der Waals surface area contributed by atoms with Crippen LogP contribution in [-0.4, -0.2) is 34.9 Å². The number of ether oxygens (including phenoxy) is 1. The molecule has 4 atom stereocenters. The monoisotopic (exact) mass is 334 g/mol. The highest BCUT2D eigenvalue weighted by Crippen LogP contribution is 2.47. The maximum absolute atomic E-state index is 12.4. The molecule has 3 saturated heterocycles. The Hall–Kier alpha value is -1.92. The summed E-state index contributed by atoms with van der Waals surface area (Å²) in [6.45, 7) is 0. The summed E-state index contributed by atoms with van der Waals surface area (Å²) in [5.74, 6) is -1.97. The van der Waals surface area contributed by atoms with Crippen LogP contribution in [0.5, 0.6) is 0 Å². The Morgan fingerprint density at radius 1 is 1.13 bits per heavy atom. The van der Waals surface area contributed by atoms with E-state index in [9.17, 15) is 14.4 Å². The molecule has 3 aliphatic rings. The molecular weight excluding hydrogens is 320 g/mol. The molecule has 7 heteroatoms. The van der Waals surface area contributed by atoms with Crippen LogP contribution in [0.15, 0.2) is 24.3 Å². The second kappa shape index (κ2) is 5.32.